The van der Waals surface area contributed by atoms with Crippen LogP contribution in [0.25, 0.3) is 0 Å². The zero-order valence-electron chi connectivity index (χ0n) is 16.3. The number of esters is 1. The zero-order valence-corrected chi connectivity index (χ0v) is 16.3. The van der Waals surface area contributed by atoms with E-state index in [-0.39, 0.29) is 29.9 Å². The highest BCUT2D eigenvalue weighted by molar-refractivity contribution is 5.76. The van der Waals surface area contributed by atoms with Crippen LogP contribution in [0.1, 0.15) is 40.2 Å². The summed E-state index contributed by atoms with van der Waals surface area (Å²) in [5.74, 6) is -1.07. The maximum absolute atomic E-state index is 12.1. The minimum absolute atomic E-state index is 0.114. The molecule has 1 unspecified atom stereocenters. The van der Waals surface area contributed by atoms with E-state index in [0.29, 0.717) is 5.56 Å². The van der Waals surface area contributed by atoms with Crippen LogP contribution in [0.5, 0.6) is 11.5 Å². The molecule has 0 aromatic heterocycles. The van der Waals surface area contributed by atoms with Crippen molar-refractivity contribution in [3.8, 4) is 11.5 Å². The van der Waals surface area contributed by atoms with Gasteiger partial charge in [0.15, 0.2) is 11.5 Å². The number of nitrogens with two attached hydrogens (primary N) is 1. The Labute approximate surface area is 159 Å². The molecule has 0 saturated heterocycles. The fourth-order valence-electron chi connectivity index (χ4n) is 1.96. The summed E-state index contributed by atoms with van der Waals surface area (Å²) in [4.78, 5) is 23.9. The van der Waals surface area contributed by atoms with Gasteiger partial charge in [-0.1, -0.05) is 19.9 Å². The van der Waals surface area contributed by atoms with Gasteiger partial charge in [0.1, 0.15) is 24.4 Å². The van der Waals surface area contributed by atoms with Gasteiger partial charge in [-0.3, -0.25) is 4.79 Å². The van der Waals surface area contributed by atoms with Crippen LogP contribution >= 0.6 is 0 Å². The van der Waals surface area contributed by atoms with Crippen molar-refractivity contribution >= 4 is 12.1 Å². The van der Waals surface area contributed by atoms with Crippen LogP contribution in [0, 0.1) is 5.92 Å². The quantitative estimate of drug-likeness (QED) is 0.461. The predicted molar refractivity (Wildman–Crippen MR) is 98.3 cm³/mol. The monoisotopic (exact) mass is 383 g/mol. The van der Waals surface area contributed by atoms with Gasteiger partial charge < -0.3 is 30.2 Å². The molecule has 4 N–H and O–H groups in total. The van der Waals surface area contributed by atoms with Gasteiger partial charge in [0.25, 0.3) is 0 Å². The first-order valence-corrected chi connectivity index (χ1v) is 8.85. The SMILES string of the molecule is CC(C)C(C)OC(=O)O[C@H](C)[C@H](C)OC(=O)[C@@H](N)Cc1ccc(O)c(O)c1. The van der Waals surface area contributed by atoms with Crippen LogP contribution in [0.4, 0.5) is 4.79 Å². The highest BCUT2D eigenvalue weighted by Gasteiger charge is 2.25. The van der Waals surface area contributed by atoms with E-state index in [1.807, 2.05) is 13.8 Å². The van der Waals surface area contributed by atoms with Gasteiger partial charge in [0, 0.05) is 0 Å². The third kappa shape index (κ3) is 7.34. The lowest BCUT2D eigenvalue weighted by Crippen LogP contribution is -2.39. The molecule has 0 aliphatic rings. The van der Waals surface area contributed by atoms with Crippen molar-refractivity contribution in [3.63, 3.8) is 0 Å². The van der Waals surface area contributed by atoms with Gasteiger partial charge in [0.05, 0.1) is 0 Å². The van der Waals surface area contributed by atoms with Crippen molar-refractivity contribution in [3.05, 3.63) is 23.8 Å². The number of benzene rings is 1. The summed E-state index contributed by atoms with van der Waals surface area (Å²) in [6, 6.07) is 3.20. The first kappa shape index (κ1) is 22.6. The number of carbonyl (C=O) groups is 2. The molecule has 0 bridgehead atoms. The number of ether oxygens (including phenoxy) is 3. The Hall–Kier alpha value is -2.48. The molecule has 1 rings (SSSR count). The molecule has 0 fully saturated rings. The van der Waals surface area contributed by atoms with Crippen LogP contribution in [-0.2, 0) is 25.4 Å². The number of phenols is 2. The molecular weight excluding hydrogens is 354 g/mol. The summed E-state index contributed by atoms with van der Waals surface area (Å²) in [7, 11) is 0. The van der Waals surface area contributed by atoms with Crippen LogP contribution in [0.2, 0.25) is 0 Å². The summed E-state index contributed by atoms with van der Waals surface area (Å²) in [5.41, 5.74) is 6.40. The molecule has 0 saturated carbocycles. The van der Waals surface area contributed by atoms with Gasteiger partial charge in [-0.2, -0.15) is 0 Å². The number of hydrogen-bond acceptors (Lipinski definition) is 8. The lowest BCUT2D eigenvalue weighted by molar-refractivity contribution is -0.155. The van der Waals surface area contributed by atoms with Crippen molar-refractivity contribution in [2.24, 2.45) is 11.7 Å². The van der Waals surface area contributed by atoms with Gasteiger partial charge in [-0.25, -0.2) is 4.79 Å². The molecule has 0 amide bonds. The maximum atomic E-state index is 12.1. The number of carbonyl (C=O) groups excluding carboxylic acids is 2. The zero-order chi connectivity index (χ0) is 20.7. The Morgan fingerprint density at radius 3 is 2.04 bits per heavy atom. The fraction of sp³-hybridized carbons (Fsp3) is 0.579. The molecule has 0 aliphatic heterocycles. The maximum Gasteiger partial charge on any atom is 0.508 e. The fourth-order valence-corrected chi connectivity index (χ4v) is 1.96. The Kier molecular flexibility index (Phi) is 8.36. The summed E-state index contributed by atoms with van der Waals surface area (Å²) in [5, 5.41) is 18.8. The van der Waals surface area contributed by atoms with Gasteiger partial charge >= 0.3 is 12.1 Å². The van der Waals surface area contributed by atoms with Crippen molar-refractivity contribution in [2.45, 2.75) is 65.4 Å². The van der Waals surface area contributed by atoms with Crippen LogP contribution in [-0.4, -0.2) is 46.7 Å². The standard InChI is InChI=1S/C19H29NO7/c1-10(2)11(3)26-19(24)27-13(5)12(4)25-18(23)15(20)8-14-6-7-16(21)17(22)9-14/h6-7,9-13,15,21-22H,8,20H2,1-5H3/t11?,12-,13+,15-/m0/s1. The molecule has 0 heterocycles. The molecule has 0 spiro atoms. The van der Waals surface area contributed by atoms with Crippen LogP contribution < -0.4 is 5.73 Å². The number of hydrogen-bond donors (Lipinski definition) is 3. The van der Waals surface area contributed by atoms with Crippen molar-refractivity contribution in [1.29, 1.82) is 0 Å². The molecule has 8 heteroatoms. The lowest BCUT2D eigenvalue weighted by Gasteiger charge is -2.23. The average molecular weight is 383 g/mol. The lowest BCUT2D eigenvalue weighted by atomic mass is 10.1. The third-order valence-electron chi connectivity index (χ3n) is 4.26. The van der Waals surface area contributed by atoms with E-state index in [4.69, 9.17) is 19.9 Å². The molecule has 1 aromatic carbocycles. The summed E-state index contributed by atoms with van der Waals surface area (Å²) >= 11 is 0. The van der Waals surface area contributed by atoms with E-state index in [0.717, 1.165) is 0 Å². The van der Waals surface area contributed by atoms with Gasteiger partial charge in [0.2, 0.25) is 0 Å². The molecule has 4 atom stereocenters. The first-order chi connectivity index (χ1) is 12.5. The highest BCUT2D eigenvalue weighted by Crippen LogP contribution is 2.25. The summed E-state index contributed by atoms with van der Waals surface area (Å²) < 4.78 is 15.5. The minimum atomic E-state index is -0.975. The Balaban J connectivity index is 2.51. The van der Waals surface area contributed by atoms with Crippen LogP contribution in [0.3, 0.4) is 0 Å². The van der Waals surface area contributed by atoms with Crippen molar-refractivity contribution in [1.82, 2.24) is 0 Å². The van der Waals surface area contributed by atoms with Crippen molar-refractivity contribution in [2.75, 3.05) is 0 Å². The predicted octanol–water partition coefficient (Wildman–Crippen LogP) is 2.49. The largest absolute Gasteiger partial charge is 0.508 e. The minimum Gasteiger partial charge on any atom is -0.504 e. The van der Waals surface area contributed by atoms with Crippen molar-refractivity contribution < 1.29 is 34.0 Å². The van der Waals surface area contributed by atoms with E-state index in [9.17, 15) is 19.8 Å². The smallest absolute Gasteiger partial charge is 0.504 e. The van der Waals surface area contributed by atoms with E-state index < -0.39 is 30.4 Å². The second kappa shape index (κ2) is 10.0. The normalized spacial score (nSPS) is 15.5. The number of aromatic hydroxyl groups is 2. The Morgan fingerprint density at radius 1 is 0.926 bits per heavy atom. The Morgan fingerprint density at radius 2 is 1.48 bits per heavy atom. The second-order valence-electron chi connectivity index (χ2n) is 6.92. The van der Waals surface area contributed by atoms with Gasteiger partial charge in [-0.05, 0) is 50.8 Å². The van der Waals surface area contributed by atoms with E-state index in [1.54, 1.807) is 26.8 Å². The molecule has 0 radical (unpaired) electrons. The molecular formula is C19H29NO7. The molecule has 0 aliphatic carbocycles. The average Bonchev–Trinajstić information content (AvgIpc) is 2.57. The molecule has 27 heavy (non-hydrogen) atoms. The molecule has 8 nitrogen and oxygen atoms in total. The number of rotatable bonds is 8. The van der Waals surface area contributed by atoms with Crippen LogP contribution in [0.15, 0.2) is 18.2 Å². The number of phenolic OH excluding ortho intramolecular Hbond substituents is 2. The topological polar surface area (TPSA) is 128 Å². The molecule has 152 valence electrons. The van der Waals surface area contributed by atoms with E-state index in [1.165, 1.54) is 12.1 Å². The highest BCUT2D eigenvalue weighted by atomic mass is 16.7. The molecule has 1 aromatic rings. The third-order valence-corrected chi connectivity index (χ3v) is 4.26. The Bertz CT molecular complexity index is 647. The van der Waals surface area contributed by atoms with E-state index in [2.05, 4.69) is 0 Å². The summed E-state index contributed by atoms with van der Waals surface area (Å²) in [6.45, 7) is 8.77. The van der Waals surface area contributed by atoms with Gasteiger partial charge in [-0.15, -0.1) is 0 Å². The second-order valence-corrected chi connectivity index (χ2v) is 6.92. The summed E-state index contributed by atoms with van der Waals surface area (Å²) in [6.07, 6.45) is -2.44. The van der Waals surface area contributed by atoms with E-state index >= 15 is 0 Å². The first-order valence-electron chi connectivity index (χ1n) is 8.85.